The summed E-state index contributed by atoms with van der Waals surface area (Å²) in [6, 6.07) is 0. The minimum Gasteiger partial charge on any atom is -0.394 e. The normalized spacial score (nSPS) is 55.8. The van der Waals surface area contributed by atoms with E-state index in [0.717, 1.165) is 38.5 Å². The number of ether oxygens (including phenoxy) is 8. The molecule has 24 unspecified atom stereocenters. The number of allylic oxidation sites excluding steroid dienone is 2. The molecule has 328 valence electrons. The van der Waals surface area contributed by atoms with Crippen LogP contribution >= 0.6 is 0 Å². The first-order valence-corrected chi connectivity index (χ1v) is 21.0. The largest absolute Gasteiger partial charge is 0.394 e. The lowest BCUT2D eigenvalue weighted by Crippen LogP contribution is -2.65. The second-order valence-electron chi connectivity index (χ2n) is 18.6. The lowest BCUT2D eigenvalue weighted by atomic mass is 9.46. The smallest absolute Gasteiger partial charge is 0.187 e. The molecular weight excluding hydrogens is 748 g/mol. The van der Waals surface area contributed by atoms with Crippen LogP contribution in [0.25, 0.3) is 0 Å². The van der Waals surface area contributed by atoms with Crippen molar-refractivity contribution in [1.29, 1.82) is 0 Å². The molecule has 3 saturated carbocycles. The summed E-state index contributed by atoms with van der Waals surface area (Å²) in [5, 5.41) is 86.1. The Morgan fingerprint density at radius 1 is 0.684 bits per heavy atom. The molecule has 16 heteroatoms. The maximum atomic E-state index is 12.7. The molecule has 0 aromatic carbocycles. The van der Waals surface area contributed by atoms with E-state index in [1.807, 2.05) is 6.92 Å². The molecule has 8 N–H and O–H groups in total. The molecular formula is C41H68O16. The van der Waals surface area contributed by atoms with Gasteiger partial charge in [0.05, 0.1) is 36.6 Å². The fraction of sp³-hybridized carbons (Fsp3) is 0.951. The molecule has 3 aliphatic heterocycles. The van der Waals surface area contributed by atoms with Crippen molar-refractivity contribution in [2.24, 2.45) is 34.5 Å². The van der Waals surface area contributed by atoms with Gasteiger partial charge in [-0.2, -0.15) is 0 Å². The number of rotatable bonds is 10. The van der Waals surface area contributed by atoms with E-state index < -0.39 is 116 Å². The highest BCUT2D eigenvalue weighted by atomic mass is 16.7. The van der Waals surface area contributed by atoms with E-state index in [9.17, 15) is 40.9 Å². The van der Waals surface area contributed by atoms with Crippen LogP contribution in [-0.2, 0) is 37.9 Å². The quantitative estimate of drug-likeness (QED) is 0.137. The van der Waals surface area contributed by atoms with Gasteiger partial charge >= 0.3 is 0 Å². The average molecular weight is 817 g/mol. The molecule has 0 aromatic rings. The van der Waals surface area contributed by atoms with Gasteiger partial charge in [0.15, 0.2) is 18.9 Å². The lowest BCUT2D eigenvalue weighted by Gasteiger charge is -2.60. The van der Waals surface area contributed by atoms with Gasteiger partial charge in [0, 0.05) is 19.6 Å². The average Bonchev–Trinajstić information content (AvgIpc) is 3.47. The van der Waals surface area contributed by atoms with E-state index in [4.69, 9.17) is 37.9 Å². The van der Waals surface area contributed by atoms with Gasteiger partial charge in [-0.15, -0.1) is 0 Å². The minimum absolute atomic E-state index is 0.0353. The van der Waals surface area contributed by atoms with Crippen LogP contribution in [0.15, 0.2) is 12.2 Å². The molecule has 4 aliphatic carbocycles. The fourth-order valence-corrected chi connectivity index (χ4v) is 12.2. The zero-order valence-electron chi connectivity index (χ0n) is 34.3. The van der Waals surface area contributed by atoms with Crippen molar-refractivity contribution in [1.82, 2.24) is 0 Å². The molecule has 16 nitrogen and oxygen atoms in total. The van der Waals surface area contributed by atoms with E-state index in [1.54, 1.807) is 13.8 Å². The standard InChI is InChI=1S/C41H68O16/c1-18-27(43)34(50-6)31(47)38(52-18)55-22-10-13-39(4)21(16-22)8-9-23-24(39)11-14-40(5)25(23)12-15-41(40,49)20(3)54-37-32(48)35(51-7)33(19(2)53-37)57-36-30(46)29(45)28(44)26(17-42)56-36/h8-9,18-38,42-49H,10-17H2,1-7H3. The highest BCUT2D eigenvalue weighted by molar-refractivity contribution is 5.21. The highest BCUT2D eigenvalue weighted by Gasteiger charge is 2.66. The summed E-state index contributed by atoms with van der Waals surface area (Å²) >= 11 is 0. The van der Waals surface area contributed by atoms with Gasteiger partial charge in [-0.1, -0.05) is 26.0 Å². The number of hydrogen-bond donors (Lipinski definition) is 8. The number of aliphatic hydroxyl groups is 8. The first-order valence-electron chi connectivity index (χ1n) is 21.0. The van der Waals surface area contributed by atoms with Gasteiger partial charge in [0.25, 0.3) is 0 Å². The summed E-state index contributed by atoms with van der Waals surface area (Å²) in [5.74, 6) is 1.17. The first-order chi connectivity index (χ1) is 26.9. The number of hydrogen-bond acceptors (Lipinski definition) is 16. The zero-order chi connectivity index (χ0) is 41.4. The Morgan fingerprint density at radius 3 is 2.02 bits per heavy atom. The molecule has 0 radical (unpaired) electrons. The Balaban J connectivity index is 0.997. The van der Waals surface area contributed by atoms with Gasteiger partial charge in [-0.3, -0.25) is 0 Å². The highest BCUT2D eigenvalue weighted by Crippen LogP contribution is 2.67. The molecule has 7 rings (SSSR count). The Bertz CT molecular complexity index is 1400. The Hall–Kier alpha value is -0.900. The third-order valence-corrected chi connectivity index (χ3v) is 15.9. The van der Waals surface area contributed by atoms with Gasteiger partial charge in [-0.05, 0) is 94.8 Å². The Labute approximate surface area is 335 Å². The number of methoxy groups -OCH3 is 2. The summed E-state index contributed by atoms with van der Waals surface area (Å²) in [5.41, 5.74) is -1.66. The van der Waals surface area contributed by atoms with Crippen molar-refractivity contribution in [3.8, 4) is 0 Å². The first kappa shape index (κ1) is 44.2. The van der Waals surface area contributed by atoms with E-state index in [1.165, 1.54) is 14.2 Å². The van der Waals surface area contributed by atoms with Crippen LogP contribution in [0.3, 0.4) is 0 Å². The molecule has 0 bridgehead atoms. The molecule has 7 aliphatic rings. The van der Waals surface area contributed by atoms with Crippen LogP contribution in [0, 0.1) is 34.5 Å². The van der Waals surface area contributed by atoms with Gasteiger partial charge in [-0.25, -0.2) is 0 Å². The van der Waals surface area contributed by atoms with Crippen LogP contribution in [0.4, 0.5) is 0 Å². The SMILES string of the molecule is COC1C(O)C(C)OC(OC2CCC3(C)C(C=CC4C3CCC3(C)C4CCC3(O)C(C)OC3OC(C)C(OC4OC(CO)C(O)C(O)C4O)C(OC)C3O)C2)C1O. The van der Waals surface area contributed by atoms with Gasteiger partial charge in [0.2, 0.25) is 0 Å². The minimum atomic E-state index is -1.64. The second kappa shape index (κ2) is 16.8. The van der Waals surface area contributed by atoms with Crippen molar-refractivity contribution in [2.75, 3.05) is 20.8 Å². The van der Waals surface area contributed by atoms with Crippen molar-refractivity contribution >= 4 is 0 Å². The second-order valence-corrected chi connectivity index (χ2v) is 18.6. The molecule has 24 atom stereocenters. The summed E-state index contributed by atoms with van der Waals surface area (Å²) in [4.78, 5) is 0. The van der Waals surface area contributed by atoms with E-state index in [-0.39, 0.29) is 29.3 Å². The zero-order valence-corrected chi connectivity index (χ0v) is 34.3. The predicted octanol–water partition coefficient (Wildman–Crippen LogP) is 0.114. The molecule has 57 heavy (non-hydrogen) atoms. The molecule has 3 saturated heterocycles. The van der Waals surface area contributed by atoms with Crippen LogP contribution in [-0.4, -0.2) is 172 Å². The monoisotopic (exact) mass is 816 g/mol. The van der Waals surface area contributed by atoms with Gasteiger partial charge < -0.3 is 78.7 Å². The van der Waals surface area contributed by atoms with Crippen molar-refractivity contribution < 1.29 is 78.7 Å². The summed E-state index contributed by atoms with van der Waals surface area (Å²) in [7, 11) is 2.86. The van der Waals surface area contributed by atoms with Crippen molar-refractivity contribution in [3.63, 3.8) is 0 Å². The molecule has 3 heterocycles. The Kier molecular flexibility index (Phi) is 13.0. The Morgan fingerprint density at radius 2 is 1.33 bits per heavy atom. The summed E-state index contributed by atoms with van der Waals surface area (Å²) in [6.45, 7) is 9.24. The third-order valence-electron chi connectivity index (χ3n) is 15.9. The third kappa shape index (κ3) is 7.38. The molecule has 0 amide bonds. The lowest BCUT2D eigenvalue weighted by molar-refractivity contribution is -0.365. The molecule has 6 fully saturated rings. The van der Waals surface area contributed by atoms with Crippen LogP contribution < -0.4 is 0 Å². The van der Waals surface area contributed by atoms with Crippen LogP contribution in [0.5, 0.6) is 0 Å². The van der Waals surface area contributed by atoms with Crippen LogP contribution in [0.2, 0.25) is 0 Å². The summed E-state index contributed by atoms with van der Waals surface area (Å²) < 4.78 is 47.5. The maximum absolute atomic E-state index is 12.7. The number of fused-ring (bicyclic) bond motifs is 5. The number of aliphatic hydroxyl groups excluding tert-OH is 7. The van der Waals surface area contributed by atoms with E-state index in [0.29, 0.717) is 12.3 Å². The van der Waals surface area contributed by atoms with Crippen molar-refractivity contribution in [2.45, 2.75) is 189 Å². The van der Waals surface area contributed by atoms with Gasteiger partial charge in [0.1, 0.15) is 61.0 Å². The predicted molar refractivity (Wildman–Crippen MR) is 199 cm³/mol. The molecule has 0 aromatic heterocycles. The van der Waals surface area contributed by atoms with Crippen LogP contribution in [0.1, 0.15) is 79.6 Å². The summed E-state index contributed by atoms with van der Waals surface area (Å²) in [6.07, 6.45) is -7.47. The maximum Gasteiger partial charge on any atom is 0.187 e. The van der Waals surface area contributed by atoms with E-state index in [2.05, 4.69) is 26.0 Å². The topological polar surface area (TPSA) is 236 Å². The van der Waals surface area contributed by atoms with Crippen molar-refractivity contribution in [3.05, 3.63) is 12.2 Å². The fourth-order valence-electron chi connectivity index (χ4n) is 12.2. The van der Waals surface area contributed by atoms with E-state index >= 15 is 0 Å². The molecule has 0 spiro atoms.